The predicted octanol–water partition coefficient (Wildman–Crippen LogP) is 2.74. The van der Waals surface area contributed by atoms with Gasteiger partial charge in [-0.2, -0.15) is 0 Å². The van der Waals surface area contributed by atoms with Crippen LogP contribution in [0.15, 0.2) is 71.9 Å². The van der Waals surface area contributed by atoms with Crippen molar-refractivity contribution in [3.8, 4) is 11.5 Å². The van der Waals surface area contributed by atoms with Gasteiger partial charge in [-0.1, -0.05) is 18.2 Å². The standard InChI is InChI=1S/C29H31N5O8S/c30-27(35)24-3-1-2-9-29(24,42-22-13-20-6-10-31-28(20)32-15-22)43(38,39)23-4-5-26(25(14-23)34(36)37)41-16-19-7-11-33(12-8-19)21-17-40-18-21/h1-6,9-10,13-15,19,21,24H,7-8,11-12,16-18H2,(H2,30,35)(H,31,32). The number of allylic oxidation sites excluding steroid dienone is 2. The number of likely N-dealkylation sites (tertiary alicyclic amines) is 1. The molecule has 43 heavy (non-hydrogen) atoms. The molecule has 0 radical (unpaired) electrons. The van der Waals surface area contributed by atoms with Crippen LogP contribution in [0.25, 0.3) is 11.0 Å². The SMILES string of the molecule is NC(=O)C1C=CC=CC1(Oc1cnc2[nH]ccc2c1)S(=O)(=O)c1ccc(OCC2CCN(C3COC3)CC2)c([N+](=O)[O-])c1. The van der Waals surface area contributed by atoms with E-state index in [4.69, 9.17) is 19.9 Å². The summed E-state index contributed by atoms with van der Waals surface area (Å²) in [5, 5.41) is 12.7. The summed E-state index contributed by atoms with van der Waals surface area (Å²) in [4.78, 5) is 30.8. The lowest BCUT2D eigenvalue weighted by Crippen LogP contribution is -2.53. The van der Waals surface area contributed by atoms with Crippen LogP contribution in [0.5, 0.6) is 11.5 Å². The number of aromatic amines is 1. The van der Waals surface area contributed by atoms with Gasteiger partial charge in [0.2, 0.25) is 20.7 Å². The monoisotopic (exact) mass is 609 g/mol. The number of primary amides is 1. The van der Waals surface area contributed by atoms with Crippen LogP contribution in [0.2, 0.25) is 0 Å². The molecule has 1 aliphatic carbocycles. The maximum atomic E-state index is 14.3. The average molecular weight is 610 g/mol. The normalized spacial score (nSPS) is 23.2. The number of nitro groups is 1. The minimum atomic E-state index is -4.65. The molecule has 3 N–H and O–H groups in total. The summed E-state index contributed by atoms with van der Waals surface area (Å²) in [6, 6.07) is 7.19. The number of hydrogen-bond acceptors (Lipinski definition) is 10. The Morgan fingerprint density at radius 1 is 1.21 bits per heavy atom. The maximum Gasteiger partial charge on any atom is 0.312 e. The Hall–Kier alpha value is -4.27. The Kier molecular flexibility index (Phi) is 7.66. The van der Waals surface area contributed by atoms with E-state index in [0.717, 1.165) is 45.2 Å². The van der Waals surface area contributed by atoms with Crippen molar-refractivity contribution in [3.05, 3.63) is 77.1 Å². The third-order valence-electron chi connectivity index (χ3n) is 8.25. The minimum absolute atomic E-state index is 0.0404. The predicted molar refractivity (Wildman–Crippen MR) is 155 cm³/mol. The van der Waals surface area contributed by atoms with E-state index in [-0.39, 0.29) is 24.0 Å². The zero-order valence-electron chi connectivity index (χ0n) is 23.1. The molecule has 0 saturated carbocycles. The zero-order valence-corrected chi connectivity index (χ0v) is 23.9. The van der Waals surface area contributed by atoms with Crippen molar-refractivity contribution in [3.63, 3.8) is 0 Å². The molecule has 0 bridgehead atoms. The van der Waals surface area contributed by atoms with E-state index in [1.165, 1.54) is 42.6 Å². The number of nitro benzene ring substituents is 1. The molecule has 1 amide bonds. The van der Waals surface area contributed by atoms with Crippen LogP contribution in [-0.2, 0) is 19.4 Å². The van der Waals surface area contributed by atoms with Gasteiger partial charge in [-0.15, -0.1) is 0 Å². The van der Waals surface area contributed by atoms with Gasteiger partial charge in [0.05, 0.1) is 41.9 Å². The molecule has 2 fully saturated rings. The molecule has 226 valence electrons. The number of pyridine rings is 1. The molecule has 2 atom stereocenters. The number of nitrogens with zero attached hydrogens (tertiary/aromatic N) is 3. The lowest BCUT2D eigenvalue weighted by atomic mass is 9.96. The number of nitrogens with one attached hydrogen (secondary N) is 1. The van der Waals surface area contributed by atoms with E-state index >= 15 is 0 Å². The third-order valence-corrected chi connectivity index (χ3v) is 10.4. The Labute approximate surface area is 247 Å². The minimum Gasteiger partial charge on any atom is -0.487 e. The van der Waals surface area contributed by atoms with Crippen molar-refractivity contribution in [2.75, 3.05) is 32.9 Å². The van der Waals surface area contributed by atoms with E-state index in [0.29, 0.717) is 17.1 Å². The second-order valence-corrected chi connectivity index (χ2v) is 13.0. The number of piperidine rings is 1. The van der Waals surface area contributed by atoms with Crippen molar-refractivity contribution < 1.29 is 32.3 Å². The molecule has 3 aromatic rings. The Balaban J connectivity index is 1.29. The van der Waals surface area contributed by atoms with Crippen LogP contribution in [0.1, 0.15) is 12.8 Å². The quantitative estimate of drug-likeness (QED) is 0.256. The molecule has 14 heteroatoms. The average Bonchev–Trinajstić information content (AvgIpc) is 3.44. The van der Waals surface area contributed by atoms with E-state index in [9.17, 15) is 23.3 Å². The molecule has 1 aromatic carbocycles. The van der Waals surface area contributed by atoms with Gasteiger partial charge >= 0.3 is 5.69 Å². The summed E-state index contributed by atoms with van der Waals surface area (Å²) in [5.74, 6) is -2.17. The number of ether oxygens (including phenoxy) is 3. The van der Waals surface area contributed by atoms with Crippen LogP contribution in [-0.4, -0.2) is 78.0 Å². The van der Waals surface area contributed by atoms with E-state index in [2.05, 4.69) is 14.9 Å². The maximum absolute atomic E-state index is 14.3. The van der Waals surface area contributed by atoms with Gasteiger partial charge < -0.3 is 24.9 Å². The number of H-pyrrole nitrogens is 1. The number of nitrogens with two attached hydrogens (primary N) is 1. The van der Waals surface area contributed by atoms with E-state index in [1.54, 1.807) is 18.3 Å². The molecule has 0 spiro atoms. The number of sulfone groups is 1. The van der Waals surface area contributed by atoms with Crippen molar-refractivity contribution in [1.82, 2.24) is 14.9 Å². The largest absolute Gasteiger partial charge is 0.487 e. The van der Waals surface area contributed by atoms with Crippen LogP contribution in [0.4, 0.5) is 5.69 Å². The Morgan fingerprint density at radius 2 is 2.00 bits per heavy atom. The number of carbonyl (C=O) groups excluding carboxylic acids is 1. The summed E-state index contributed by atoms with van der Waals surface area (Å²) in [5.41, 5.74) is 5.71. The van der Waals surface area contributed by atoms with E-state index < -0.39 is 42.1 Å². The third kappa shape index (κ3) is 5.37. The number of aromatic nitrogens is 2. The van der Waals surface area contributed by atoms with Gasteiger partial charge in [0, 0.05) is 17.6 Å². The summed E-state index contributed by atoms with van der Waals surface area (Å²) >= 11 is 0. The lowest BCUT2D eigenvalue weighted by molar-refractivity contribution is -0.386. The Morgan fingerprint density at radius 3 is 2.70 bits per heavy atom. The lowest BCUT2D eigenvalue weighted by Gasteiger charge is -2.41. The number of fused-ring (bicyclic) bond motifs is 1. The zero-order chi connectivity index (χ0) is 30.2. The van der Waals surface area contributed by atoms with Gasteiger partial charge in [0.15, 0.2) is 5.75 Å². The highest BCUT2D eigenvalue weighted by Gasteiger charge is 2.54. The molecule has 3 aliphatic rings. The fourth-order valence-corrected chi connectivity index (χ4v) is 7.58. The van der Waals surface area contributed by atoms with Crippen LogP contribution >= 0.6 is 0 Å². The van der Waals surface area contributed by atoms with Gasteiger partial charge in [-0.05, 0) is 62.2 Å². The van der Waals surface area contributed by atoms with Crippen molar-refractivity contribution in [2.45, 2.75) is 28.7 Å². The highest BCUT2D eigenvalue weighted by molar-refractivity contribution is 7.93. The molecular weight excluding hydrogens is 578 g/mol. The first-order valence-electron chi connectivity index (χ1n) is 13.9. The summed E-state index contributed by atoms with van der Waals surface area (Å²) in [6.45, 7) is 3.57. The van der Waals surface area contributed by atoms with Gasteiger partial charge in [-0.3, -0.25) is 19.8 Å². The van der Waals surface area contributed by atoms with Gasteiger partial charge in [0.1, 0.15) is 17.3 Å². The first kappa shape index (κ1) is 28.8. The smallest absolute Gasteiger partial charge is 0.312 e. The van der Waals surface area contributed by atoms with Crippen molar-refractivity contribution in [2.24, 2.45) is 17.6 Å². The highest BCUT2D eigenvalue weighted by Crippen LogP contribution is 2.42. The summed E-state index contributed by atoms with van der Waals surface area (Å²) < 4.78 is 45.9. The first-order chi connectivity index (χ1) is 20.7. The van der Waals surface area contributed by atoms with Gasteiger partial charge in [-0.25, -0.2) is 13.4 Å². The molecule has 2 saturated heterocycles. The fourth-order valence-electron chi connectivity index (χ4n) is 5.70. The second kappa shape index (κ2) is 11.4. The highest BCUT2D eigenvalue weighted by atomic mass is 32.2. The number of hydrogen-bond donors (Lipinski definition) is 2. The molecular formula is C29H31N5O8S. The molecule has 2 unspecified atom stereocenters. The Bertz CT molecular complexity index is 1710. The first-order valence-corrected chi connectivity index (χ1v) is 15.4. The van der Waals surface area contributed by atoms with Crippen LogP contribution < -0.4 is 15.2 Å². The van der Waals surface area contributed by atoms with E-state index in [1.807, 2.05) is 0 Å². The summed E-state index contributed by atoms with van der Waals surface area (Å²) in [7, 11) is -4.65. The number of benzene rings is 1. The summed E-state index contributed by atoms with van der Waals surface area (Å²) in [6.07, 6.45) is 10.2. The topological polar surface area (TPSA) is 180 Å². The molecule has 2 aliphatic heterocycles. The number of amides is 1. The van der Waals surface area contributed by atoms with Crippen molar-refractivity contribution in [1.29, 1.82) is 0 Å². The number of rotatable bonds is 10. The fraction of sp³-hybridized carbons (Fsp3) is 0.379. The molecule has 2 aromatic heterocycles. The van der Waals surface area contributed by atoms with Crippen LogP contribution in [0.3, 0.4) is 0 Å². The molecule has 4 heterocycles. The molecule has 13 nitrogen and oxygen atoms in total. The van der Waals surface area contributed by atoms with Crippen molar-refractivity contribution >= 4 is 32.5 Å². The number of carbonyl (C=O) groups is 1. The molecule has 6 rings (SSSR count). The van der Waals surface area contributed by atoms with Crippen LogP contribution in [0, 0.1) is 22.0 Å². The van der Waals surface area contributed by atoms with Gasteiger partial charge in [0.25, 0.3) is 0 Å². The second-order valence-electron chi connectivity index (χ2n) is 10.9.